The molecule has 114 valence electrons. The maximum atomic E-state index is 13.3. The highest BCUT2D eigenvalue weighted by atomic mass is 32.2. The van der Waals surface area contributed by atoms with Gasteiger partial charge in [0.25, 0.3) is 0 Å². The molecule has 1 aromatic carbocycles. The molecule has 0 aliphatic rings. The van der Waals surface area contributed by atoms with Crippen LogP contribution in [-0.4, -0.2) is 38.4 Å². The minimum absolute atomic E-state index is 0.234. The van der Waals surface area contributed by atoms with Crippen molar-refractivity contribution in [2.75, 3.05) is 38.4 Å². The fourth-order valence-electron chi connectivity index (χ4n) is 1.71. The first-order valence-electron chi connectivity index (χ1n) is 6.96. The summed E-state index contributed by atoms with van der Waals surface area (Å²) in [5.74, 6) is 2.75. The monoisotopic (exact) mass is 301 g/mol. The average Bonchev–Trinajstić information content (AvgIpc) is 2.45. The second kappa shape index (κ2) is 10.9. The van der Waals surface area contributed by atoms with E-state index in [-0.39, 0.29) is 5.82 Å². The number of nitrogens with one attached hydrogen (secondary N) is 1. The van der Waals surface area contributed by atoms with Crippen molar-refractivity contribution in [3.8, 4) is 5.75 Å². The van der Waals surface area contributed by atoms with E-state index in [0.717, 1.165) is 35.8 Å². The van der Waals surface area contributed by atoms with Crippen LogP contribution >= 0.6 is 11.8 Å². The third kappa shape index (κ3) is 7.12. The summed E-state index contributed by atoms with van der Waals surface area (Å²) in [6.45, 7) is 4.78. The smallest absolute Gasteiger partial charge is 0.123 e. The predicted molar refractivity (Wildman–Crippen MR) is 83.1 cm³/mol. The first-order chi connectivity index (χ1) is 9.77. The van der Waals surface area contributed by atoms with Gasteiger partial charge in [0.05, 0.1) is 13.2 Å². The van der Waals surface area contributed by atoms with Crippen LogP contribution in [0.25, 0.3) is 0 Å². The predicted octanol–water partition coefficient (Wildman–Crippen LogP) is 3.08. The van der Waals surface area contributed by atoms with Crippen molar-refractivity contribution < 1.29 is 13.9 Å². The van der Waals surface area contributed by atoms with Crippen molar-refractivity contribution in [1.82, 2.24) is 5.32 Å². The van der Waals surface area contributed by atoms with Crippen LogP contribution in [0.4, 0.5) is 4.39 Å². The van der Waals surface area contributed by atoms with E-state index in [0.29, 0.717) is 19.8 Å². The van der Waals surface area contributed by atoms with Crippen molar-refractivity contribution in [1.29, 1.82) is 0 Å². The van der Waals surface area contributed by atoms with Gasteiger partial charge in [0.2, 0.25) is 0 Å². The van der Waals surface area contributed by atoms with E-state index in [2.05, 4.69) is 12.2 Å². The van der Waals surface area contributed by atoms with E-state index < -0.39 is 0 Å². The molecule has 0 atom stereocenters. The van der Waals surface area contributed by atoms with Gasteiger partial charge >= 0.3 is 0 Å². The van der Waals surface area contributed by atoms with Crippen LogP contribution in [0.1, 0.15) is 18.9 Å². The van der Waals surface area contributed by atoms with E-state index >= 15 is 0 Å². The number of halogens is 1. The Balaban J connectivity index is 2.42. The SMILES string of the molecule is CCSCCCOc1ccc(F)cc1CNCCOC. The minimum atomic E-state index is -0.234. The molecule has 0 bridgehead atoms. The summed E-state index contributed by atoms with van der Waals surface area (Å²) >= 11 is 1.90. The lowest BCUT2D eigenvalue weighted by Crippen LogP contribution is -2.19. The van der Waals surface area contributed by atoms with Crippen molar-refractivity contribution in [2.45, 2.75) is 19.9 Å². The molecule has 1 N–H and O–H groups in total. The first kappa shape index (κ1) is 17.3. The molecular formula is C15H24FNO2S. The highest BCUT2D eigenvalue weighted by Gasteiger charge is 2.05. The number of hydrogen-bond donors (Lipinski definition) is 1. The number of hydrogen-bond acceptors (Lipinski definition) is 4. The van der Waals surface area contributed by atoms with E-state index in [4.69, 9.17) is 9.47 Å². The molecule has 0 spiro atoms. The molecular weight excluding hydrogens is 277 g/mol. The van der Waals surface area contributed by atoms with Crippen molar-refractivity contribution in [3.63, 3.8) is 0 Å². The van der Waals surface area contributed by atoms with Gasteiger partial charge in [-0.1, -0.05) is 6.92 Å². The standard InChI is InChI=1S/C15H24FNO2S/c1-3-20-10-4-8-19-15-6-5-14(16)11-13(15)12-17-7-9-18-2/h5-6,11,17H,3-4,7-10,12H2,1-2H3. The number of thioether (sulfide) groups is 1. The summed E-state index contributed by atoms with van der Waals surface area (Å²) < 4.78 is 24.0. The van der Waals surface area contributed by atoms with Crippen molar-refractivity contribution in [3.05, 3.63) is 29.6 Å². The van der Waals surface area contributed by atoms with Gasteiger partial charge in [-0.15, -0.1) is 0 Å². The maximum Gasteiger partial charge on any atom is 0.123 e. The van der Waals surface area contributed by atoms with Gasteiger partial charge in [0.15, 0.2) is 0 Å². The van der Waals surface area contributed by atoms with E-state index in [1.165, 1.54) is 12.1 Å². The number of methoxy groups -OCH3 is 1. The van der Waals surface area contributed by atoms with Gasteiger partial charge in [-0.25, -0.2) is 4.39 Å². The quantitative estimate of drug-likeness (QED) is 0.636. The van der Waals surface area contributed by atoms with Crippen molar-refractivity contribution in [2.24, 2.45) is 0 Å². The normalized spacial score (nSPS) is 10.8. The largest absolute Gasteiger partial charge is 0.493 e. The Morgan fingerprint density at radius 1 is 1.30 bits per heavy atom. The molecule has 0 aliphatic heterocycles. The van der Waals surface area contributed by atoms with Gasteiger partial charge in [0, 0.05) is 25.8 Å². The highest BCUT2D eigenvalue weighted by molar-refractivity contribution is 7.99. The van der Waals surface area contributed by atoms with E-state index in [1.807, 2.05) is 11.8 Å². The topological polar surface area (TPSA) is 30.5 Å². The fourth-order valence-corrected chi connectivity index (χ4v) is 2.32. The Kier molecular flexibility index (Phi) is 9.45. The molecule has 0 amide bonds. The third-order valence-electron chi connectivity index (χ3n) is 2.72. The summed E-state index contributed by atoms with van der Waals surface area (Å²) in [6.07, 6.45) is 1.01. The van der Waals surface area contributed by atoms with Crippen LogP contribution in [0.15, 0.2) is 18.2 Å². The number of benzene rings is 1. The lowest BCUT2D eigenvalue weighted by atomic mass is 10.2. The molecule has 0 aliphatic carbocycles. The zero-order valence-electron chi connectivity index (χ0n) is 12.3. The Morgan fingerprint density at radius 2 is 2.15 bits per heavy atom. The Morgan fingerprint density at radius 3 is 2.90 bits per heavy atom. The Hall–Kier alpha value is -0.780. The lowest BCUT2D eigenvalue weighted by molar-refractivity contribution is 0.199. The van der Waals surface area contributed by atoms with Crippen LogP contribution in [0, 0.1) is 5.82 Å². The minimum Gasteiger partial charge on any atom is -0.493 e. The number of rotatable bonds is 11. The highest BCUT2D eigenvalue weighted by Crippen LogP contribution is 2.20. The van der Waals surface area contributed by atoms with Crippen molar-refractivity contribution >= 4 is 11.8 Å². The van der Waals surface area contributed by atoms with Gasteiger partial charge < -0.3 is 14.8 Å². The molecule has 0 saturated carbocycles. The average molecular weight is 301 g/mol. The molecule has 0 fully saturated rings. The fraction of sp³-hybridized carbons (Fsp3) is 0.600. The van der Waals surface area contributed by atoms with Crippen LogP contribution in [0.5, 0.6) is 5.75 Å². The maximum absolute atomic E-state index is 13.3. The summed E-state index contributed by atoms with van der Waals surface area (Å²) in [5, 5.41) is 3.21. The zero-order chi connectivity index (χ0) is 14.6. The Labute approximate surface area is 125 Å². The zero-order valence-corrected chi connectivity index (χ0v) is 13.1. The molecule has 0 radical (unpaired) electrons. The Bertz CT molecular complexity index is 377. The van der Waals surface area contributed by atoms with Gasteiger partial charge in [-0.2, -0.15) is 11.8 Å². The third-order valence-corrected chi connectivity index (χ3v) is 3.70. The molecule has 1 rings (SSSR count). The second-order valence-electron chi connectivity index (χ2n) is 4.32. The van der Waals surface area contributed by atoms with Gasteiger partial charge in [-0.05, 0) is 36.1 Å². The summed E-state index contributed by atoms with van der Waals surface area (Å²) in [7, 11) is 1.66. The molecule has 0 unspecified atom stereocenters. The summed E-state index contributed by atoms with van der Waals surface area (Å²) in [6, 6.07) is 4.67. The molecule has 3 nitrogen and oxygen atoms in total. The van der Waals surface area contributed by atoms with E-state index in [1.54, 1.807) is 13.2 Å². The van der Waals surface area contributed by atoms with Crippen LogP contribution in [-0.2, 0) is 11.3 Å². The van der Waals surface area contributed by atoms with Crippen LogP contribution in [0.3, 0.4) is 0 Å². The first-order valence-corrected chi connectivity index (χ1v) is 8.12. The second-order valence-corrected chi connectivity index (χ2v) is 5.71. The lowest BCUT2D eigenvalue weighted by Gasteiger charge is -2.12. The molecule has 5 heteroatoms. The molecule has 20 heavy (non-hydrogen) atoms. The summed E-state index contributed by atoms with van der Waals surface area (Å²) in [5.41, 5.74) is 0.851. The molecule has 0 heterocycles. The van der Waals surface area contributed by atoms with E-state index in [9.17, 15) is 4.39 Å². The molecule has 0 saturated heterocycles. The molecule has 0 aromatic heterocycles. The number of ether oxygens (including phenoxy) is 2. The van der Waals surface area contributed by atoms with Gasteiger partial charge in [-0.3, -0.25) is 0 Å². The van der Waals surface area contributed by atoms with Crippen LogP contribution in [0.2, 0.25) is 0 Å². The van der Waals surface area contributed by atoms with Gasteiger partial charge in [0.1, 0.15) is 11.6 Å². The van der Waals surface area contributed by atoms with Crippen LogP contribution < -0.4 is 10.1 Å². The molecule has 1 aromatic rings. The summed E-state index contributed by atoms with van der Waals surface area (Å²) in [4.78, 5) is 0.